The van der Waals surface area contributed by atoms with Crippen molar-refractivity contribution in [1.82, 2.24) is 5.32 Å². The van der Waals surface area contributed by atoms with Crippen LogP contribution in [0.15, 0.2) is 12.1 Å². The van der Waals surface area contributed by atoms with Gasteiger partial charge in [-0.1, -0.05) is 62.5 Å². The van der Waals surface area contributed by atoms with Crippen molar-refractivity contribution >= 4 is 56.4 Å². The quantitative estimate of drug-likeness (QED) is 0.660. The Labute approximate surface area is 164 Å². The van der Waals surface area contributed by atoms with E-state index in [1.165, 1.54) is 12.1 Å². The minimum absolute atomic E-state index is 0.0711. The van der Waals surface area contributed by atoms with E-state index < -0.39 is 22.5 Å². The zero-order valence-electron chi connectivity index (χ0n) is 14.8. The second kappa shape index (κ2) is 8.80. The van der Waals surface area contributed by atoms with Crippen LogP contribution in [0.1, 0.15) is 27.7 Å². The number of nitrogens with one attached hydrogen (secondary N) is 1. The predicted octanol–water partition coefficient (Wildman–Crippen LogP) is 4.21. The number of nitrogens with zero attached hydrogens (tertiary/aromatic N) is 1. The van der Waals surface area contributed by atoms with Gasteiger partial charge in [-0.2, -0.15) is 0 Å². The lowest BCUT2D eigenvalue weighted by atomic mass is 9.93. The molecule has 0 saturated carbocycles. The van der Waals surface area contributed by atoms with E-state index in [1.807, 2.05) is 27.7 Å². The maximum absolute atomic E-state index is 12.4. The van der Waals surface area contributed by atoms with Gasteiger partial charge < -0.3 is 5.32 Å². The highest BCUT2D eigenvalue weighted by molar-refractivity contribution is 7.92. The largest absolute Gasteiger partial charge is 0.351 e. The molecule has 0 fully saturated rings. The molecule has 25 heavy (non-hydrogen) atoms. The predicted molar refractivity (Wildman–Crippen MR) is 105 cm³/mol. The lowest BCUT2D eigenvalue weighted by molar-refractivity contribution is -0.121. The molecule has 1 aromatic carbocycles. The fourth-order valence-corrected chi connectivity index (χ4v) is 4.10. The molecule has 0 heterocycles. The molecule has 0 radical (unpaired) electrons. The number of carbonyl (C=O) groups is 1. The van der Waals surface area contributed by atoms with Gasteiger partial charge >= 0.3 is 0 Å². The van der Waals surface area contributed by atoms with Gasteiger partial charge in [-0.05, 0) is 24.0 Å². The molecule has 0 bridgehead atoms. The summed E-state index contributed by atoms with van der Waals surface area (Å²) in [5.74, 6) is 0.00774. The minimum atomic E-state index is -3.76. The summed E-state index contributed by atoms with van der Waals surface area (Å²) in [5.41, 5.74) is 0.111. The molecule has 0 aliphatic rings. The smallest absolute Gasteiger partial charge is 0.241 e. The van der Waals surface area contributed by atoms with Gasteiger partial charge in [-0.3, -0.25) is 9.10 Å². The van der Waals surface area contributed by atoms with E-state index in [0.29, 0.717) is 0 Å². The normalized spacial score (nSPS) is 12.1. The van der Waals surface area contributed by atoms with Crippen LogP contribution in [0.2, 0.25) is 15.1 Å². The molecule has 1 amide bonds. The monoisotopic (exact) mass is 428 g/mol. The molecule has 9 heteroatoms. The molecule has 5 nitrogen and oxygen atoms in total. The topological polar surface area (TPSA) is 66.5 Å². The average molecular weight is 430 g/mol. The first-order valence-electron chi connectivity index (χ1n) is 7.76. The second-order valence-electron chi connectivity index (χ2n) is 6.57. The van der Waals surface area contributed by atoms with Crippen molar-refractivity contribution in [1.29, 1.82) is 0 Å². The van der Waals surface area contributed by atoms with Gasteiger partial charge in [0.1, 0.15) is 6.54 Å². The van der Waals surface area contributed by atoms with E-state index in [9.17, 15) is 13.2 Å². The minimum Gasteiger partial charge on any atom is -0.351 e. The number of halogens is 3. The fourth-order valence-electron chi connectivity index (χ4n) is 2.55. The van der Waals surface area contributed by atoms with Crippen molar-refractivity contribution < 1.29 is 13.2 Å². The molecule has 1 aromatic rings. The van der Waals surface area contributed by atoms with Crippen LogP contribution in [0.3, 0.4) is 0 Å². The number of rotatable bonds is 7. The van der Waals surface area contributed by atoms with E-state index in [4.69, 9.17) is 34.8 Å². The summed E-state index contributed by atoms with van der Waals surface area (Å²) in [7, 11) is -3.76. The number of hydrogen-bond donors (Lipinski definition) is 1. The third-order valence-corrected chi connectivity index (χ3v) is 5.86. The molecule has 142 valence electrons. The van der Waals surface area contributed by atoms with Crippen LogP contribution in [0, 0.1) is 11.8 Å². The lowest BCUT2D eigenvalue weighted by Crippen LogP contribution is -2.47. The van der Waals surface area contributed by atoms with Crippen LogP contribution in [-0.4, -0.2) is 33.2 Å². The molecule has 1 N–H and O–H groups in total. The number of anilines is 1. The van der Waals surface area contributed by atoms with E-state index in [0.717, 1.165) is 10.6 Å². The number of sulfonamides is 1. The molecule has 0 atom stereocenters. The summed E-state index contributed by atoms with van der Waals surface area (Å²) in [6.07, 6.45) is 1.00. The Hall–Kier alpha value is -0.690. The highest BCUT2D eigenvalue weighted by Crippen LogP contribution is 2.35. The van der Waals surface area contributed by atoms with Gasteiger partial charge in [0.15, 0.2) is 0 Å². The van der Waals surface area contributed by atoms with Crippen LogP contribution >= 0.6 is 34.8 Å². The first-order valence-corrected chi connectivity index (χ1v) is 10.7. The lowest BCUT2D eigenvalue weighted by Gasteiger charge is -2.28. The van der Waals surface area contributed by atoms with Crippen LogP contribution in [0.5, 0.6) is 0 Å². The van der Waals surface area contributed by atoms with E-state index >= 15 is 0 Å². The van der Waals surface area contributed by atoms with Gasteiger partial charge in [-0.15, -0.1) is 0 Å². The Bertz CT molecular complexity index is 728. The number of amides is 1. The SMILES string of the molecule is CC(C)C(NC(=O)CN(c1cc(Cl)c(Cl)cc1Cl)S(C)(=O)=O)C(C)C. The maximum Gasteiger partial charge on any atom is 0.241 e. The van der Waals surface area contributed by atoms with Crippen molar-refractivity contribution in [2.24, 2.45) is 11.8 Å². The summed E-state index contributed by atoms with van der Waals surface area (Å²) in [5, 5.41) is 3.33. The average Bonchev–Trinajstić information content (AvgIpc) is 2.44. The van der Waals surface area contributed by atoms with Crippen molar-refractivity contribution in [3.05, 3.63) is 27.2 Å². The third kappa shape index (κ3) is 6.20. The fraction of sp³-hybridized carbons (Fsp3) is 0.562. The van der Waals surface area contributed by atoms with Gasteiger partial charge in [0, 0.05) is 6.04 Å². The summed E-state index contributed by atoms with van der Waals surface area (Å²) in [6, 6.07) is 2.61. The Morgan fingerprint density at radius 1 is 1.04 bits per heavy atom. The van der Waals surface area contributed by atoms with Crippen LogP contribution < -0.4 is 9.62 Å². The number of hydrogen-bond acceptors (Lipinski definition) is 3. The number of carbonyl (C=O) groups excluding carboxylic acids is 1. The van der Waals surface area contributed by atoms with E-state index in [2.05, 4.69) is 5.32 Å². The van der Waals surface area contributed by atoms with Crippen molar-refractivity contribution in [3.8, 4) is 0 Å². The van der Waals surface area contributed by atoms with Gasteiger partial charge in [0.05, 0.1) is 27.0 Å². The molecular weight excluding hydrogens is 407 g/mol. The molecule has 0 aliphatic heterocycles. The second-order valence-corrected chi connectivity index (χ2v) is 9.70. The van der Waals surface area contributed by atoms with Crippen molar-refractivity contribution in [3.63, 3.8) is 0 Å². The van der Waals surface area contributed by atoms with E-state index in [-0.39, 0.29) is 38.6 Å². The molecular formula is C16H23Cl3N2O3S. The summed E-state index contributed by atoms with van der Waals surface area (Å²) >= 11 is 18.0. The molecule has 0 aromatic heterocycles. The zero-order valence-corrected chi connectivity index (χ0v) is 17.9. The molecule has 0 unspecified atom stereocenters. The summed E-state index contributed by atoms with van der Waals surface area (Å²) in [4.78, 5) is 12.4. The van der Waals surface area contributed by atoms with Gasteiger partial charge in [-0.25, -0.2) is 8.42 Å². The standard InChI is InChI=1S/C16H23Cl3N2O3S/c1-9(2)16(10(3)4)20-15(22)8-21(25(5,23)24)14-7-12(18)11(17)6-13(14)19/h6-7,9-10,16H,8H2,1-5H3,(H,20,22). The Morgan fingerprint density at radius 3 is 1.96 bits per heavy atom. The zero-order chi connectivity index (χ0) is 19.5. The Kier molecular flexibility index (Phi) is 7.87. The highest BCUT2D eigenvalue weighted by atomic mass is 35.5. The molecule has 0 aliphatic carbocycles. The van der Waals surface area contributed by atoms with E-state index in [1.54, 1.807) is 0 Å². The van der Waals surface area contributed by atoms with Gasteiger partial charge in [0.25, 0.3) is 0 Å². The number of benzene rings is 1. The summed E-state index contributed by atoms with van der Waals surface area (Å²) in [6.45, 7) is 7.58. The Balaban J connectivity index is 3.15. The van der Waals surface area contributed by atoms with Crippen molar-refractivity contribution in [2.75, 3.05) is 17.1 Å². The van der Waals surface area contributed by atoms with Gasteiger partial charge in [0.2, 0.25) is 15.9 Å². The van der Waals surface area contributed by atoms with Crippen molar-refractivity contribution in [2.45, 2.75) is 33.7 Å². The first kappa shape index (κ1) is 22.4. The Morgan fingerprint density at radius 2 is 1.52 bits per heavy atom. The molecule has 0 saturated heterocycles. The highest BCUT2D eigenvalue weighted by Gasteiger charge is 2.26. The molecule has 0 spiro atoms. The maximum atomic E-state index is 12.4. The molecule has 1 rings (SSSR count). The van der Waals surface area contributed by atoms with Crippen LogP contribution in [0.25, 0.3) is 0 Å². The third-order valence-electron chi connectivity index (χ3n) is 3.71. The summed E-state index contributed by atoms with van der Waals surface area (Å²) < 4.78 is 25.3. The first-order chi connectivity index (χ1) is 11.3. The van der Waals surface area contributed by atoms with Crippen LogP contribution in [0.4, 0.5) is 5.69 Å². The van der Waals surface area contributed by atoms with Crippen LogP contribution in [-0.2, 0) is 14.8 Å².